The molecule has 2 aliphatic heterocycles. The Morgan fingerprint density at radius 1 is 1.04 bits per heavy atom. The van der Waals surface area contributed by atoms with Gasteiger partial charge in [0.1, 0.15) is 0 Å². The predicted octanol–water partition coefficient (Wildman–Crippen LogP) is 2.97. The third-order valence-corrected chi connectivity index (χ3v) is 4.20. The molecule has 0 aliphatic carbocycles. The lowest BCUT2D eigenvalue weighted by Gasteiger charge is -2.35. The van der Waals surface area contributed by atoms with Crippen LogP contribution in [-0.4, -0.2) is 61.8 Å². The maximum absolute atomic E-state index is 5.72. The summed E-state index contributed by atoms with van der Waals surface area (Å²) in [6, 6.07) is 10.8. The molecule has 2 fully saturated rings. The van der Waals surface area contributed by atoms with Gasteiger partial charge in [0.2, 0.25) is 0 Å². The van der Waals surface area contributed by atoms with E-state index in [1.54, 1.807) is 0 Å². The number of hydrogen-bond acceptors (Lipinski definition) is 4. The lowest BCUT2D eigenvalue weighted by molar-refractivity contribution is 0.0489. The number of rotatable bonds is 4. The second-order valence-corrected chi connectivity index (χ2v) is 6.11. The molecule has 2 N–H and O–H groups in total. The predicted molar refractivity (Wildman–Crippen MR) is 103 cm³/mol. The zero-order valence-electron chi connectivity index (χ0n) is 15.9. The van der Waals surface area contributed by atoms with E-state index in [4.69, 9.17) is 10.5 Å². The average Bonchev–Trinajstić information content (AvgIpc) is 3.13. The minimum absolute atomic E-state index is 0.501. The summed E-state index contributed by atoms with van der Waals surface area (Å²) >= 11 is 0. The van der Waals surface area contributed by atoms with Crippen LogP contribution in [0.4, 0.5) is 0 Å². The minimum atomic E-state index is 0.501. The van der Waals surface area contributed by atoms with Crippen LogP contribution in [0.5, 0.6) is 0 Å². The SMILES string of the molecule is CC.CCN.c1ccc(CN2CCN(CC3CCCO3)CC2)cc1. The van der Waals surface area contributed by atoms with Crippen molar-refractivity contribution < 1.29 is 4.74 Å². The zero-order valence-corrected chi connectivity index (χ0v) is 15.9. The molecule has 1 aromatic rings. The fraction of sp³-hybridized carbons (Fsp3) is 0.700. The standard InChI is InChI=1S/C16H24N2O.C2H7N.C2H6/c1-2-5-15(6-3-1)13-17-8-10-18(11-9-17)14-16-7-4-12-19-16;1-2-3;1-2/h1-3,5-6,16H,4,7-14H2;2-3H2,1H3;1-2H3. The van der Waals surface area contributed by atoms with Crippen LogP contribution in [0.3, 0.4) is 0 Å². The number of ether oxygens (including phenoxy) is 1. The van der Waals surface area contributed by atoms with Gasteiger partial charge in [-0.3, -0.25) is 9.80 Å². The summed E-state index contributed by atoms with van der Waals surface area (Å²) in [5.41, 5.74) is 6.27. The molecule has 138 valence electrons. The van der Waals surface area contributed by atoms with Gasteiger partial charge in [-0.05, 0) is 24.9 Å². The molecule has 3 rings (SSSR count). The Balaban J connectivity index is 0.000000521. The van der Waals surface area contributed by atoms with E-state index in [0.29, 0.717) is 6.10 Å². The van der Waals surface area contributed by atoms with Crippen molar-refractivity contribution in [3.63, 3.8) is 0 Å². The Bertz CT molecular complexity index is 385. The molecule has 0 saturated carbocycles. The van der Waals surface area contributed by atoms with E-state index < -0.39 is 0 Å². The first kappa shape index (κ1) is 21.1. The molecule has 0 bridgehead atoms. The van der Waals surface area contributed by atoms with Gasteiger partial charge in [0, 0.05) is 45.9 Å². The highest BCUT2D eigenvalue weighted by atomic mass is 16.5. The second-order valence-electron chi connectivity index (χ2n) is 6.11. The van der Waals surface area contributed by atoms with Crippen molar-refractivity contribution in [3.05, 3.63) is 35.9 Å². The maximum Gasteiger partial charge on any atom is 0.0702 e. The van der Waals surface area contributed by atoms with Crippen LogP contribution in [0.15, 0.2) is 30.3 Å². The lowest BCUT2D eigenvalue weighted by Crippen LogP contribution is -2.48. The van der Waals surface area contributed by atoms with Crippen LogP contribution >= 0.6 is 0 Å². The number of nitrogens with two attached hydrogens (primary N) is 1. The summed E-state index contributed by atoms with van der Waals surface area (Å²) in [5.74, 6) is 0. The minimum Gasteiger partial charge on any atom is -0.377 e. The topological polar surface area (TPSA) is 41.7 Å². The highest BCUT2D eigenvalue weighted by Crippen LogP contribution is 2.15. The molecule has 4 heteroatoms. The van der Waals surface area contributed by atoms with Crippen molar-refractivity contribution in [1.82, 2.24) is 9.80 Å². The third kappa shape index (κ3) is 8.25. The molecule has 24 heavy (non-hydrogen) atoms. The molecule has 2 saturated heterocycles. The highest BCUT2D eigenvalue weighted by Gasteiger charge is 2.22. The molecule has 0 amide bonds. The van der Waals surface area contributed by atoms with E-state index in [0.717, 1.165) is 26.2 Å². The van der Waals surface area contributed by atoms with Gasteiger partial charge in [0.05, 0.1) is 6.10 Å². The third-order valence-electron chi connectivity index (χ3n) is 4.20. The van der Waals surface area contributed by atoms with Crippen LogP contribution in [0, 0.1) is 0 Å². The van der Waals surface area contributed by atoms with Gasteiger partial charge in [0.15, 0.2) is 0 Å². The monoisotopic (exact) mass is 335 g/mol. The van der Waals surface area contributed by atoms with Crippen molar-refractivity contribution in [2.75, 3.05) is 45.9 Å². The summed E-state index contributed by atoms with van der Waals surface area (Å²) in [4.78, 5) is 5.12. The molecule has 1 aromatic carbocycles. The number of hydrogen-bond donors (Lipinski definition) is 1. The summed E-state index contributed by atoms with van der Waals surface area (Å²) in [5, 5.41) is 0. The lowest BCUT2D eigenvalue weighted by atomic mass is 10.2. The molecule has 0 radical (unpaired) electrons. The zero-order chi connectivity index (χ0) is 17.6. The fourth-order valence-electron chi connectivity index (χ4n) is 3.05. The van der Waals surface area contributed by atoms with Crippen LogP contribution in [-0.2, 0) is 11.3 Å². The molecule has 0 aromatic heterocycles. The Labute approximate surface area is 149 Å². The first-order valence-corrected chi connectivity index (χ1v) is 9.62. The highest BCUT2D eigenvalue weighted by molar-refractivity contribution is 5.14. The van der Waals surface area contributed by atoms with Crippen LogP contribution in [0.2, 0.25) is 0 Å². The van der Waals surface area contributed by atoms with Gasteiger partial charge < -0.3 is 10.5 Å². The summed E-state index contributed by atoms with van der Waals surface area (Å²) < 4.78 is 5.72. The average molecular weight is 336 g/mol. The Morgan fingerprint density at radius 2 is 1.62 bits per heavy atom. The van der Waals surface area contributed by atoms with Crippen LogP contribution < -0.4 is 5.73 Å². The fourth-order valence-corrected chi connectivity index (χ4v) is 3.05. The van der Waals surface area contributed by atoms with Crippen molar-refractivity contribution in [2.24, 2.45) is 5.73 Å². The Hall–Kier alpha value is -0.940. The molecule has 1 atom stereocenters. The van der Waals surface area contributed by atoms with Gasteiger partial charge >= 0.3 is 0 Å². The summed E-state index contributed by atoms with van der Waals surface area (Å²) in [6.45, 7) is 14.6. The molecule has 4 nitrogen and oxygen atoms in total. The number of nitrogens with zero attached hydrogens (tertiary/aromatic N) is 2. The summed E-state index contributed by atoms with van der Waals surface area (Å²) in [6.07, 6.45) is 3.00. The number of piperazine rings is 1. The first-order valence-electron chi connectivity index (χ1n) is 9.62. The smallest absolute Gasteiger partial charge is 0.0702 e. The Kier molecular flexibility index (Phi) is 11.7. The van der Waals surface area contributed by atoms with E-state index >= 15 is 0 Å². The molecular weight excluding hydrogens is 298 g/mol. The van der Waals surface area contributed by atoms with Crippen molar-refractivity contribution in [2.45, 2.75) is 46.3 Å². The van der Waals surface area contributed by atoms with E-state index in [-0.39, 0.29) is 0 Å². The van der Waals surface area contributed by atoms with Gasteiger partial charge in [-0.2, -0.15) is 0 Å². The summed E-state index contributed by atoms with van der Waals surface area (Å²) in [7, 11) is 0. The largest absolute Gasteiger partial charge is 0.377 e. The van der Waals surface area contributed by atoms with E-state index in [1.807, 2.05) is 20.8 Å². The Morgan fingerprint density at radius 3 is 2.17 bits per heavy atom. The molecular formula is C20H37N3O. The van der Waals surface area contributed by atoms with Gasteiger partial charge in [-0.1, -0.05) is 51.1 Å². The first-order chi connectivity index (χ1) is 11.8. The normalized spacial score (nSPS) is 21.4. The van der Waals surface area contributed by atoms with Crippen molar-refractivity contribution in [1.29, 1.82) is 0 Å². The van der Waals surface area contributed by atoms with Crippen LogP contribution in [0.25, 0.3) is 0 Å². The van der Waals surface area contributed by atoms with E-state index in [2.05, 4.69) is 40.1 Å². The van der Waals surface area contributed by atoms with Gasteiger partial charge in [-0.25, -0.2) is 0 Å². The van der Waals surface area contributed by atoms with Crippen LogP contribution in [0.1, 0.15) is 39.2 Å². The van der Waals surface area contributed by atoms with Gasteiger partial charge in [0.25, 0.3) is 0 Å². The number of benzene rings is 1. The van der Waals surface area contributed by atoms with Crippen molar-refractivity contribution in [3.8, 4) is 0 Å². The second kappa shape index (κ2) is 13.4. The molecule has 1 unspecified atom stereocenters. The van der Waals surface area contributed by atoms with E-state index in [9.17, 15) is 0 Å². The van der Waals surface area contributed by atoms with E-state index in [1.165, 1.54) is 44.6 Å². The molecule has 0 spiro atoms. The quantitative estimate of drug-likeness (QED) is 0.918. The molecule has 2 heterocycles. The van der Waals surface area contributed by atoms with Crippen molar-refractivity contribution >= 4 is 0 Å². The maximum atomic E-state index is 5.72. The molecule has 2 aliphatic rings. The van der Waals surface area contributed by atoms with Gasteiger partial charge in [-0.15, -0.1) is 0 Å².